The molecule has 0 aromatic carbocycles. The monoisotopic (exact) mass is 262 g/mol. The van der Waals surface area contributed by atoms with Gasteiger partial charge < -0.3 is 9.88 Å². The van der Waals surface area contributed by atoms with Gasteiger partial charge in [-0.25, -0.2) is 4.79 Å². The molecule has 5 heteroatoms. The lowest BCUT2D eigenvalue weighted by Crippen LogP contribution is -2.34. The van der Waals surface area contributed by atoms with Crippen LogP contribution in [0.1, 0.15) is 32.7 Å². The predicted octanol–water partition coefficient (Wildman–Crippen LogP) is 2.02. The number of imidazole rings is 1. The minimum Gasteiger partial charge on any atom is -0.306 e. The van der Waals surface area contributed by atoms with Crippen LogP contribution in [0, 0.1) is 0 Å². The molecule has 0 amide bonds. The van der Waals surface area contributed by atoms with Crippen molar-refractivity contribution in [2.75, 3.05) is 20.1 Å². The lowest BCUT2D eigenvalue weighted by molar-refractivity contribution is 0.221. The standard InChI is InChI=1S/C12H16N4O.C2H6/c1-15-6-3-9(4-7-15)16-11-8-13-5-2-10(11)14-12(16)17;1-2/h2,5,8-9H,3-4,6-7H2,1H3,(H,14,17);1-2H3. The summed E-state index contributed by atoms with van der Waals surface area (Å²) in [4.78, 5) is 21.3. The molecule has 0 spiro atoms. The molecule has 2 aromatic rings. The van der Waals surface area contributed by atoms with Gasteiger partial charge in [0, 0.05) is 12.2 Å². The van der Waals surface area contributed by atoms with E-state index in [2.05, 4.69) is 21.9 Å². The van der Waals surface area contributed by atoms with Crippen LogP contribution in [-0.4, -0.2) is 39.6 Å². The van der Waals surface area contributed by atoms with Crippen molar-refractivity contribution in [1.82, 2.24) is 19.4 Å². The van der Waals surface area contributed by atoms with E-state index < -0.39 is 0 Å². The normalized spacial score (nSPS) is 17.2. The maximum absolute atomic E-state index is 12.0. The maximum atomic E-state index is 12.0. The third-order valence-corrected chi connectivity index (χ3v) is 3.57. The molecule has 0 saturated carbocycles. The Morgan fingerprint density at radius 3 is 2.68 bits per heavy atom. The SMILES string of the molecule is CC.CN1CCC(n2c(=O)[nH]c3ccncc32)CC1. The quantitative estimate of drug-likeness (QED) is 0.855. The fraction of sp³-hybridized carbons (Fsp3) is 0.571. The van der Waals surface area contributed by atoms with Crippen molar-refractivity contribution in [3.63, 3.8) is 0 Å². The van der Waals surface area contributed by atoms with E-state index in [-0.39, 0.29) is 5.69 Å². The molecule has 1 aliphatic heterocycles. The van der Waals surface area contributed by atoms with Crippen molar-refractivity contribution in [3.8, 4) is 0 Å². The zero-order valence-corrected chi connectivity index (χ0v) is 11.9. The molecular weight excluding hydrogens is 240 g/mol. The highest BCUT2D eigenvalue weighted by Gasteiger charge is 2.21. The Morgan fingerprint density at radius 1 is 1.32 bits per heavy atom. The minimum atomic E-state index is -0.0115. The summed E-state index contributed by atoms with van der Waals surface area (Å²) in [5, 5.41) is 0. The van der Waals surface area contributed by atoms with E-state index in [4.69, 9.17) is 0 Å². The molecule has 1 saturated heterocycles. The van der Waals surface area contributed by atoms with E-state index in [1.165, 1.54) is 0 Å². The van der Waals surface area contributed by atoms with Gasteiger partial charge in [0.1, 0.15) is 0 Å². The summed E-state index contributed by atoms with van der Waals surface area (Å²) in [6.07, 6.45) is 5.53. The predicted molar refractivity (Wildman–Crippen MR) is 77.5 cm³/mol. The summed E-state index contributed by atoms with van der Waals surface area (Å²) >= 11 is 0. The summed E-state index contributed by atoms with van der Waals surface area (Å²) < 4.78 is 1.87. The van der Waals surface area contributed by atoms with Crippen LogP contribution >= 0.6 is 0 Å². The Hall–Kier alpha value is -1.62. The second-order valence-corrected chi connectivity index (χ2v) is 4.73. The Bertz CT molecular complexity index is 578. The number of hydrogen-bond acceptors (Lipinski definition) is 3. The van der Waals surface area contributed by atoms with E-state index in [0.29, 0.717) is 6.04 Å². The van der Waals surface area contributed by atoms with Gasteiger partial charge in [-0.2, -0.15) is 0 Å². The van der Waals surface area contributed by atoms with Gasteiger partial charge in [-0.1, -0.05) is 13.8 Å². The fourth-order valence-corrected chi connectivity index (χ4v) is 2.58. The van der Waals surface area contributed by atoms with Crippen molar-refractivity contribution in [2.24, 2.45) is 0 Å². The molecule has 3 rings (SSSR count). The number of piperidine rings is 1. The first-order valence-electron chi connectivity index (χ1n) is 6.98. The van der Waals surface area contributed by atoms with Crippen LogP contribution < -0.4 is 5.69 Å². The van der Waals surface area contributed by atoms with Crippen LogP contribution in [0.15, 0.2) is 23.3 Å². The van der Waals surface area contributed by atoms with Crippen LogP contribution in [-0.2, 0) is 0 Å². The number of aromatic amines is 1. The summed E-state index contributed by atoms with van der Waals surface area (Å²) in [5.74, 6) is 0. The molecule has 2 aromatic heterocycles. The van der Waals surface area contributed by atoms with Gasteiger partial charge in [-0.05, 0) is 39.0 Å². The molecule has 5 nitrogen and oxygen atoms in total. The lowest BCUT2D eigenvalue weighted by atomic mass is 10.1. The van der Waals surface area contributed by atoms with Crippen LogP contribution in [0.2, 0.25) is 0 Å². The molecule has 3 heterocycles. The van der Waals surface area contributed by atoms with Gasteiger partial charge in [0.15, 0.2) is 0 Å². The molecule has 1 aliphatic rings. The first kappa shape index (κ1) is 13.8. The number of nitrogens with one attached hydrogen (secondary N) is 1. The number of likely N-dealkylation sites (tertiary alicyclic amines) is 1. The molecule has 19 heavy (non-hydrogen) atoms. The van der Waals surface area contributed by atoms with Crippen molar-refractivity contribution >= 4 is 11.0 Å². The second-order valence-electron chi connectivity index (χ2n) is 4.73. The van der Waals surface area contributed by atoms with Crippen molar-refractivity contribution in [1.29, 1.82) is 0 Å². The fourth-order valence-electron chi connectivity index (χ4n) is 2.58. The molecule has 0 atom stereocenters. The summed E-state index contributed by atoms with van der Waals surface area (Å²) in [6, 6.07) is 2.15. The number of nitrogens with zero attached hydrogens (tertiary/aromatic N) is 3. The Labute approximate surface area is 113 Å². The average Bonchev–Trinajstić information content (AvgIpc) is 2.78. The number of aromatic nitrogens is 3. The van der Waals surface area contributed by atoms with Crippen LogP contribution in [0.5, 0.6) is 0 Å². The smallest absolute Gasteiger partial charge is 0.306 e. The second kappa shape index (κ2) is 6.02. The van der Waals surface area contributed by atoms with Crippen molar-refractivity contribution < 1.29 is 0 Å². The number of hydrogen-bond donors (Lipinski definition) is 1. The van der Waals surface area contributed by atoms with E-state index in [1.807, 2.05) is 24.5 Å². The van der Waals surface area contributed by atoms with Gasteiger partial charge in [-0.3, -0.25) is 9.55 Å². The van der Waals surface area contributed by atoms with Crippen molar-refractivity contribution in [3.05, 3.63) is 28.9 Å². The molecule has 0 unspecified atom stereocenters. The Balaban J connectivity index is 0.000000637. The van der Waals surface area contributed by atoms with Crippen LogP contribution in [0.25, 0.3) is 11.0 Å². The zero-order valence-electron chi connectivity index (χ0n) is 11.9. The molecular formula is C14H22N4O. The summed E-state index contributed by atoms with van der Waals surface area (Å²) in [7, 11) is 2.12. The van der Waals surface area contributed by atoms with Gasteiger partial charge in [0.25, 0.3) is 0 Å². The van der Waals surface area contributed by atoms with E-state index in [9.17, 15) is 4.79 Å². The maximum Gasteiger partial charge on any atom is 0.326 e. The first-order chi connectivity index (χ1) is 9.25. The molecule has 0 aliphatic carbocycles. The number of H-pyrrole nitrogens is 1. The molecule has 1 fully saturated rings. The summed E-state index contributed by atoms with van der Waals surface area (Å²) in [6.45, 7) is 6.09. The van der Waals surface area contributed by atoms with E-state index >= 15 is 0 Å². The first-order valence-corrected chi connectivity index (χ1v) is 6.98. The third kappa shape index (κ3) is 2.71. The van der Waals surface area contributed by atoms with Crippen molar-refractivity contribution in [2.45, 2.75) is 32.7 Å². The number of pyridine rings is 1. The highest BCUT2D eigenvalue weighted by atomic mass is 16.1. The highest BCUT2D eigenvalue weighted by Crippen LogP contribution is 2.23. The van der Waals surface area contributed by atoms with Gasteiger partial charge in [-0.15, -0.1) is 0 Å². The topological polar surface area (TPSA) is 53.9 Å². The number of fused-ring (bicyclic) bond motifs is 1. The van der Waals surface area contributed by atoms with Gasteiger partial charge in [0.05, 0.1) is 17.2 Å². The lowest BCUT2D eigenvalue weighted by Gasteiger charge is -2.29. The molecule has 0 radical (unpaired) electrons. The van der Waals surface area contributed by atoms with Gasteiger partial charge >= 0.3 is 5.69 Å². The molecule has 1 N–H and O–H groups in total. The van der Waals surface area contributed by atoms with Crippen LogP contribution in [0.3, 0.4) is 0 Å². The molecule has 0 bridgehead atoms. The van der Waals surface area contributed by atoms with E-state index in [1.54, 1.807) is 12.4 Å². The zero-order chi connectivity index (χ0) is 13.8. The molecule has 104 valence electrons. The minimum absolute atomic E-state index is 0.0115. The Morgan fingerprint density at radius 2 is 2.00 bits per heavy atom. The van der Waals surface area contributed by atoms with Gasteiger partial charge in [0.2, 0.25) is 0 Å². The van der Waals surface area contributed by atoms with E-state index in [0.717, 1.165) is 37.0 Å². The highest BCUT2D eigenvalue weighted by molar-refractivity contribution is 5.73. The Kier molecular flexibility index (Phi) is 4.37. The average molecular weight is 262 g/mol. The summed E-state index contributed by atoms with van der Waals surface area (Å²) in [5.41, 5.74) is 1.79. The largest absolute Gasteiger partial charge is 0.326 e. The third-order valence-electron chi connectivity index (χ3n) is 3.57. The number of rotatable bonds is 1. The van der Waals surface area contributed by atoms with Crippen LogP contribution in [0.4, 0.5) is 0 Å².